The van der Waals surface area contributed by atoms with Crippen LogP contribution in [0.4, 0.5) is 0 Å². The molecule has 0 saturated heterocycles. The number of carbonyl (C=O) groups is 1. The average molecular weight is 115 g/mol. The van der Waals surface area contributed by atoms with Gasteiger partial charge in [0.05, 0.1) is 0 Å². The Kier molecular flexibility index (Phi) is 3.09. The molecule has 0 N–H and O–H groups in total. The summed E-state index contributed by atoms with van der Waals surface area (Å²) < 4.78 is 4.16. The van der Waals surface area contributed by atoms with Gasteiger partial charge in [-0.05, 0) is 0 Å². The van der Waals surface area contributed by atoms with Crippen LogP contribution in [0.5, 0.6) is 0 Å². The van der Waals surface area contributed by atoms with E-state index in [0.717, 1.165) is 0 Å². The van der Waals surface area contributed by atoms with E-state index in [1.54, 1.807) is 0 Å². The van der Waals surface area contributed by atoms with Crippen molar-refractivity contribution in [3.63, 3.8) is 0 Å². The summed E-state index contributed by atoms with van der Waals surface area (Å²) in [6.45, 7) is 1.24. The second kappa shape index (κ2) is 3.46. The van der Waals surface area contributed by atoms with Gasteiger partial charge in [0, 0.05) is 6.92 Å². The first kappa shape index (κ1) is 6.27. The van der Waals surface area contributed by atoms with E-state index in [4.69, 9.17) is 0 Å². The van der Waals surface area contributed by atoms with Crippen LogP contribution < -0.4 is 0 Å². The fourth-order valence-electron chi connectivity index (χ4n) is 0.0927. The molecule has 1 radical (unpaired) electrons. The molecule has 0 saturated carbocycles. The highest BCUT2D eigenvalue weighted by molar-refractivity contribution is 6.38. The Morgan fingerprint density at radius 1 is 1.86 bits per heavy atom. The minimum atomic E-state index is -0.460. The molecule has 0 amide bonds. The third kappa shape index (κ3) is 5.27. The molecule has 0 rings (SSSR count). The lowest BCUT2D eigenvalue weighted by Gasteiger charge is -1.81. The van der Waals surface area contributed by atoms with Crippen molar-refractivity contribution in [3.8, 4) is 0 Å². The van der Waals surface area contributed by atoms with E-state index in [-0.39, 0.29) is 0 Å². The van der Waals surface area contributed by atoms with E-state index in [1.807, 2.05) is 0 Å². The van der Waals surface area contributed by atoms with Crippen molar-refractivity contribution in [2.75, 3.05) is 0 Å². The third-order valence-corrected chi connectivity index (χ3v) is 0.709. The Morgan fingerprint density at radius 2 is 2.43 bits per heavy atom. The van der Waals surface area contributed by atoms with Gasteiger partial charge in [0.15, 0.2) is 0 Å². The standard InChI is InChI=1S/C3H3O3Si/c1-3(5)6-7-2-4/h1H3. The number of rotatable bonds is 1. The lowest BCUT2D eigenvalue weighted by Crippen LogP contribution is -1.96. The molecule has 3 nitrogen and oxygen atoms in total. The Bertz CT molecular complexity index is 113. The van der Waals surface area contributed by atoms with Crippen LogP contribution in [-0.2, 0) is 14.0 Å². The predicted molar refractivity (Wildman–Crippen MR) is 23.2 cm³/mol. The van der Waals surface area contributed by atoms with Gasteiger partial charge in [-0.25, -0.2) is 4.79 Å². The van der Waals surface area contributed by atoms with Crippen molar-refractivity contribution < 1.29 is 14.0 Å². The summed E-state index contributed by atoms with van der Waals surface area (Å²) >= 11 is 0. The van der Waals surface area contributed by atoms with Crippen LogP contribution in [0.15, 0.2) is 0 Å². The van der Waals surface area contributed by atoms with Crippen molar-refractivity contribution in [2.45, 2.75) is 6.92 Å². The average Bonchev–Trinajstić information content (AvgIpc) is 1.61. The maximum atomic E-state index is 9.81. The summed E-state index contributed by atoms with van der Waals surface area (Å²) in [7, 11) is -0.460. The van der Waals surface area contributed by atoms with Crippen LogP contribution in [0, 0.1) is 0 Å². The van der Waals surface area contributed by atoms with Gasteiger partial charge in [-0.3, -0.25) is 4.79 Å². The Morgan fingerprint density at radius 3 is 2.57 bits per heavy atom. The molecule has 0 bridgehead atoms. The quantitative estimate of drug-likeness (QED) is 0.422. The lowest BCUT2D eigenvalue weighted by molar-refractivity contribution is -0.131. The zero-order valence-electron chi connectivity index (χ0n) is 3.72. The number of carbonyl (C=O) groups excluding carboxylic acids is 2. The maximum absolute atomic E-state index is 9.81. The van der Waals surface area contributed by atoms with Crippen molar-refractivity contribution in [1.82, 2.24) is 0 Å². The summed E-state index contributed by atoms with van der Waals surface area (Å²) in [6.07, 6.45) is 0. The Balaban J connectivity index is 3.32. The summed E-state index contributed by atoms with van der Waals surface area (Å²) in [5.74, 6) is -0.443. The van der Waals surface area contributed by atoms with Crippen LogP contribution >= 0.6 is 0 Å². The van der Waals surface area contributed by atoms with Gasteiger partial charge in [-0.2, -0.15) is 0 Å². The molecule has 0 aliphatic carbocycles. The molecule has 4 heteroatoms. The molecule has 0 spiro atoms. The van der Waals surface area contributed by atoms with Gasteiger partial charge >= 0.3 is 9.38 Å². The van der Waals surface area contributed by atoms with Crippen LogP contribution in [-0.4, -0.2) is 20.9 Å². The van der Waals surface area contributed by atoms with E-state index in [1.165, 1.54) is 12.5 Å². The fraction of sp³-hybridized carbons (Fsp3) is 0.333. The maximum Gasteiger partial charge on any atom is 0.405 e. The van der Waals surface area contributed by atoms with E-state index in [2.05, 4.69) is 4.43 Å². The number of hydrogen-bond donors (Lipinski definition) is 0. The zero-order chi connectivity index (χ0) is 5.70. The summed E-state index contributed by atoms with van der Waals surface area (Å²) in [4.78, 5) is 19.1. The first-order valence-electron chi connectivity index (χ1n) is 1.57. The van der Waals surface area contributed by atoms with Gasteiger partial charge in [-0.1, -0.05) is 0 Å². The molecule has 0 aromatic rings. The summed E-state index contributed by atoms with van der Waals surface area (Å²) in [5.41, 5.74) is 1.43. The van der Waals surface area contributed by atoms with Crippen LogP contribution in [0.1, 0.15) is 6.92 Å². The van der Waals surface area contributed by atoms with E-state index in [9.17, 15) is 9.59 Å². The van der Waals surface area contributed by atoms with Crippen LogP contribution in [0.25, 0.3) is 0 Å². The molecule has 0 heterocycles. The molecule has 7 heavy (non-hydrogen) atoms. The molecule has 0 fully saturated rings. The highest BCUT2D eigenvalue weighted by Crippen LogP contribution is 1.61. The van der Waals surface area contributed by atoms with E-state index < -0.39 is 15.3 Å². The van der Waals surface area contributed by atoms with E-state index >= 15 is 0 Å². The van der Waals surface area contributed by atoms with Gasteiger partial charge in [0.2, 0.25) is 0 Å². The SMILES string of the molecule is CC(=O)O[Si]=C=O. The van der Waals surface area contributed by atoms with Gasteiger partial charge in [0.1, 0.15) is 5.54 Å². The normalized spacial score (nSPS) is 6.43. The molecule has 0 atom stereocenters. The topological polar surface area (TPSA) is 43.4 Å². The molecule has 0 aromatic heterocycles. The smallest absolute Gasteiger partial charge is 0.405 e. The summed E-state index contributed by atoms with van der Waals surface area (Å²) in [6, 6.07) is 0. The second-order valence-electron chi connectivity index (χ2n) is 0.798. The third-order valence-electron chi connectivity index (χ3n) is 0.236. The first-order valence-corrected chi connectivity index (χ1v) is 2.47. The Hall–Kier alpha value is -0.733. The Labute approximate surface area is 42.8 Å². The van der Waals surface area contributed by atoms with Gasteiger partial charge in [0.25, 0.3) is 5.97 Å². The first-order chi connectivity index (χ1) is 3.27. The second-order valence-corrected chi connectivity index (χ2v) is 1.41. The fourth-order valence-corrected chi connectivity index (χ4v) is 0.278. The van der Waals surface area contributed by atoms with E-state index in [0.29, 0.717) is 0 Å². The van der Waals surface area contributed by atoms with Crippen molar-refractivity contribution >= 4 is 20.9 Å². The molecule has 0 unspecified atom stereocenters. The largest absolute Gasteiger partial charge is 0.477 e. The van der Waals surface area contributed by atoms with Crippen molar-refractivity contribution in [1.29, 1.82) is 0 Å². The monoisotopic (exact) mass is 115 g/mol. The van der Waals surface area contributed by atoms with Crippen LogP contribution in [0.2, 0.25) is 0 Å². The minimum Gasteiger partial charge on any atom is -0.477 e. The zero-order valence-corrected chi connectivity index (χ0v) is 4.72. The van der Waals surface area contributed by atoms with Crippen molar-refractivity contribution in [3.05, 3.63) is 0 Å². The molecular formula is C3H3O3Si. The molecule has 0 aliphatic rings. The highest BCUT2D eigenvalue weighted by atomic mass is 28.2. The summed E-state index contributed by atoms with van der Waals surface area (Å²) in [5, 5.41) is 0. The molecule has 0 aliphatic heterocycles. The predicted octanol–water partition coefficient (Wildman–Crippen LogP) is -0.764. The highest BCUT2D eigenvalue weighted by Gasteiger charge is 1.83. The molecule has 0 aromatic carbocycles. The lowest BCUT2D eigenvalue weighted by atomic mass is 10.9. The van der Waals surface area contributed by atoms with Gasteiger partial charge in [-0.15, -0.1) is 0 Å². The molecular weight excluding hydrogens is 112 g/mol. The molecule has 37 valence electrons. The van der Waals surface area contributed by atoms with Crippen LogP contribution in [0.3, 0.4) is 0 Å². The minimum absolute atomic E-state index is 0.443. The number of hydrogen-bond acceptors (Lipinski definition) is 3. The van der Waals surface area contributed by atoms with Gasteiger partial charge < -0.3 is 4.43 Å². The van der Waals surface area contributed by atoms with Crippen molar-refractivity contribution in [2.24, 2.45) is 0 Å².